The van der Waals surface area contributed by atoms with Crippen LogP contribution >= 0.6 is 11.8 Å². The molecule has 0 aliphatic carbocycles. The number of hydrogen-bond donors (Lipinski definition) is 1. The molecule has 3 heteroatoms. The second-order valence-corrected chi connectivity index (χ2v) is 4.72. The van der Waals surface area contributed by atoms with Gasteiger partial charge in [0.15, 0.2) is 0 Å². The molecule has 2 heterocycles. The molecule has 2 rings (SSSR count). The molecule has 0 radical (unpaired) electrons. The summed E-state index contributed by atoms with van der Waals surface area (Å²) in [4.78, 5) is 0. The maximum Gasteiger partial charge on any atom is 0.112 e. The van der Waals surface area contributed by atoms with E-state index < -0.39 is 0 Å². The van der Waals surface area contributed by atoms with Gasteiger partial charge in [-0.1, -0.05) is 0 Å². The molecule has 0 amide bonds. The van der Waals surface area contributed by atoms with Gasteiger partial charge in [-0.05, 0) is 30.7 Å². The van der Waals surface area contributed by atoms with Gasteiger partial charge in [-0.25, -0.2) is 0 Å². The van der Waals surface area contributed by atoms with Crippen LogP contribution in [-0.4, -0.2) is 18.1 Å². The average Bonchev–Trinajstić information content (AvgIpc) is 2.72. The van der Waals surface area contributed by atoms with E-state index >= 15 is 0 Å². The molecule has 1 aliphatic rings. The third-order valence-electron chi connectivity index (χ3n) is 2.76. The molecule has 72 valence electrons. The van der Waals surface area contributed by atoms with Gasteiger partial charge in [-0.15, -0.1) is 0 Å². The van der Waals surface area contributed by atoms with Crippen LogP contribution in [0.3, 0.4) is 0 Å². The second kappa shape index (κ2) is 3.76. The Morgan fingerprint density at radius 3 is 3.08 bits per heavy atom. The second-order valence-electron chi connectivity index (χ2n) is 3.62. The maximum atomic E-state index is 5.86. The highest BCUT2D eigenvalue weighted by Gasteiger charge is 2.35. The first kappa shape index (κ1) is 9.16. The van der Waals surface area contributed by atoms with Crippen LogP contribution in [-0.2, 0) is 5.41 Å². The molecule has 0 aromatic carbocycles. The van der Waals surface area contributed by atoms with Crippen molar-refractivity contribution in [3.63, 3.8) is 0 Å². The quantitative estimate of drug-likeness (QED) is 0.788. The van der Waals surface area contributed by atoms with Crippen molar-refractivity contribution < 1.29 is 4.42 Å². The van der Waals surface area contributed by atoms with Crippen LogP contribution in [0.2, 0.25) is 0 Å². The van der Waals surface area contributed by atoms with Gasteiger partial charge in [0.2, 0.25) is 0 Å². The third-order valence-corrected chi connectivity index (χ3v) is 4.09. The topological polar surface area (TPSA) is 39.2 Å². The highest BCUT2D eigenvalue weighted by Crippen LogP contribution is 2.36. The van der Waals surface area contributed by atoms with Crippen LogP contribution in [0.1, 0.15) is 18.6 Å². The lowest BCUT2D eigenvalue weighted by Crippen LogP contribution is -2.39. The molecule has 1 aliphatic heterocycles. The minimum absolute atomic E-state index is 0.117. The van der Waals surface area contributed by atoms with E-state index in [2.05, 4.69) is 6.07 Å². The van der Waals surface area contributed by atoms with Crippen LogP contribution in [0.25, 0.3) is 0 Å². The predicted molar refractivity (Wildman–Crippen MR) is 56.0 cm³/mol. The van der Waals surface area contributed by atoms with E-state index in [0.29, 0.717) is 6.54 Å². The van der Waals surface area contributed by atoms with Gasteiger partial charge >= 0.3 is 0 Å². The third kappa shape index (κ3) is 1.63. The Morgan fingerprint density at radius 2 is 2.54 bits per heavy atom. The summed E-state index contributed by atoms with van der Waals surface area (Å²) in [6, 6.07) is 4.00. The summed E-state index contributed by atoms with van der Waals surface area (Å²) in [6.45, 7) is 0.702. The predicted octanol–water partition coefficient (Wildman–Crippen LogP) is 2.00. The molecule has 0 spiro atoms. The Balaban J connectivity index is 2.23. The first-order valence-corrected chi connectivity index (χ1v) is 5.85. The standard InChI is InChI=1S/C10H15NOS/c11-7-10(4-2-6-13-8-10)9-3-1-5-12-9/h1,3,5H,2,4,6-8,11H2. The Hall–Kier alpha value is -0.410. The minimum Gasteiger partial charge on any atom is -0.469 e. The molecule has 13 heavy (non-hydrogen) atoms. The van der Waals surface area contributed by atoms with Crippen molar-refractivity contribution in [1.29, 1.82) is 0 Å². The lowest BCUT2D eigenvalue weighted by atomic mass is 9.82. The number of thioether (sulfide) groups is 1. The van der Waals surface area contributed by atoms with E-state index in [4.69, 9.17) is 10.2 Å². The first-order valence-electron chi connectivity index (χ1n) is 4.69. The van der Waals surface area contributed by atoms with E-state index in [0.717, 1.165) is 11.5 Å². The summed E-state index contributed by atoms with van der Waals surface area (Å²) in [5.41, 5.74) is 5.97. The van der Waals surface area contributed by atoms with E-state index in [1.165, 1.54) is 18.6 Å². The Bertz CT molecular complexity index is 252. The Morgan fingerprint density at radius 1 is 1.62 bits per heavy atom. The fourth-order valence-corrected chi connectivity index (χ4v) is 3.18. The van der Waals surface area contributed by atoms with E-state index in [1.807, 2.05) is 17.8 Å². The zero-order valence-corrected chi connectivity index (χ0v) is 8.48. The molecule has 2 nitrogen and oxygen atoms in total. The maximum absolute atomic E-state index is 5.86. The fourth-order valence-electron chi connectivity index (χ4n) is 1.89. The number of rotatable bonds is 2. The molecule has 1 fully saturated rings. The van der Waals surface area contributed by atoms with Crippen molar-refractivity contribution >= 4 is 11.8 Å². The van der Waals surface area contributed by atoms with Crippen molar-refractivity contribution in [3.8, 4) is 0 Å². The van der Waals surface area contributed by atoms with E-state index in [-0.39, 0.29) is 5.41 Å². The summed E-state index contributed by atoms with van der Waals surface area (Å²) in [6.07, 6.45) is 4.17. The summed E-state index contributed by atoms with van der Waals surface area (Å²) in [7, 11) is 0. The number of nitrogens with two attached hydrogens (primary N) is 1. The van der Waals surface area contributed by atoms with Crippen LogP contribution in [0.15, 0.2) is 22.8 Å². The number of hydrogen-bond acceptors (Lipinski definition) is 3. The van der Waals surface area contributed by atoms with Crippen molar-refractivity contribution in [1.82, 2.24) is 0 Å². The summed E-state index contributed by atoms with van der Waals surface area (Å²) >= 11 is 1.98. The summed E-state index contributed by atoms with van der Waals surface area (Å²) in [5.74, 6) is 3.45. The van der Waals surface area contributed by atoms with Crippen molar-refractivity contribution in [2.75, 3.05) is 18.1 Å². The van der Waals surface area contributed by atoms with Gasteiger partial charge in [0.05, 0.1) is 6.26 Å². The molecule has 1 saturated heterocycles. The van der Waals surface area contributed by atoms with Gasteiger partial charge in [-0.2, -0.15) is 11.8 Å². The lowest BCUT2D eigenvalue weighted by Gasteiger charge is -2.33. The molecule has 1 aromatic heterocycles. The van der Waals surface area contributed by atoms with Gasteiger partial charge < -0.3 is 10.2 Å². The zero-order valence-electron chi connectivity index (χ0n) is 7.66. The first-order chi connectivity index (χ1) is 6.37. The van der Waals surface area contributed by atoms with Gasteiger partial charge in [0, 0.05) is 17.7 Å². The lowest BCUT2D eigenvalue weighted by molar-refractivity contribution is 0.344. The molecular formula is C10H15NOS. The van der Waals surface area contributed by atoms with E-state index in [9.17, 15) is 0 Å². The Kier molecular flexibility index (Phi) is 2.65. The fraction of sp³-hybridized carbons (Fsp3) is 0.600. The molecule has 0 saturated carbocycles. The molecule has 1 unspecified atom stereocenters. The monoisotopic (exact) mass is 197 g/mol. The van der Waals surface area contributed by atoms with E-state index in [1.54, 1.807) is 6.26 Å². The minimum atomic E-state index is 0.117. The summed E-state index contributed by atoms with van der Waals surface area (Å²) in [5, 5.41) is 0. The van der Waals surface area contributed by atoms with Crippen molar-refractivity contribution in [2.45, 2.75) is 18.3 Å². The van der Waals surface area contributed by atoms with Crippen LogP contribution in [0, 0.1) is 0 Å². The van der Waals surface area contributed by atoms with Gasteiger partial charge in [-0.3, -0.25) is 0 Å². The van der Waals surface area contributed by atoms with Crippen molar-refractivity contribution in [2.24, 2.45) is 5.73 Å². The molecular weight excluding hydrogens is 182 g/mol. The molecule has 2 N–H and O–H groups in total. The smallest absolute Gasteiger partial charge is 0.112 e. The Labute approximate surface area is 82.9 Å². The molecule has 1 aromatic rings. The highest BCUT2D eigenvalue weighted by molar-refractivity contribution is 7.99. The van der Waals surface area contributed by atoms with Crippen molar-refractivity contribution in [3.05, 3.63) is 24.2 Å². The highest BCUT2D eigenvalue weighted by atomic mass is 32.2. The van der Waals surface area contributed by atoms with Crippen LogP contribution in [0.4, 0.5) is 0 Å². The average molecular weight is 197 g/mol. The molecule has 1 atom stereocenters. The largest absolute Gasteiger partial charge is 0.469 e. The number of furan rings is 1. The molecule has 0 bridgehead atoms. The van der Waals surface area contributed by atoms with Crippen LogP contribution < -0.4 is 5.73 Å². The van der Waals surface area contributed by atoms with Crippen LogP contribution in [0.5, 0.6) is 0 Å². The SMILES string of the molecule is NCC1(c2ccco2)CCCSC1. The van der Waals surface area contributed by atoms with Gasteiger partial charge in [0.25, 0.3) is 0 Å². The summed E-state index contributed by atoms with van der Waals surface area (Å²) < 4.78 is 5.47. The normalized spacial score (nSPS) is 29.0. The van der Waals surface area contributed by atoms with Gasteiger partial charge in [0.1, 0.15) is 5.76 Å². The zero-order chi connectivity index (χ0) is 9.15.